The fraction of sp³-hybridized carbons (Fsp3) is 0.833. The van der Waals surface area contributed by atoms with Crippen molar-refractivity contribution in [3.05, 3.63) is 11.6 Å². The Morgan fingerprint density at radius 3 is 2.26 bits per heavy atom. The number of rotatable bonds is 1. The summed E-state index contributed by atoms with van der Waals surface area (Å²) in [6.45, 7) is 14.6. The monoisotopic (exact) mass is 484 g/mol. The molecular formula is C30H44O5. The standard InChI is InChI=1S/C30H44O5/c1-17-10-13-30(24(33)34)15-14-27(5)18(22(30)29(17,7)35)8-9-20-26(4)12-11-21(32)25(2,3)23(26)19(31)16-28(20,27)6/h8,17,20,22-23,35H,9-16H2,1-7H3,(H,33,34). The first-order valence-electron chi connectivity index (χ1n) is 13.7. The average Bonchev–Trinajstić information content (AvgIpc) is 2.74. The first-order valence-corrected chi connectivity index (χ1v) is 13.7. The Morgan fingerprint density at radius 2 is 1.63 bits per heavy atom. The highest BCUT2D eigenvalue weighted by molar-refractivity contribution is 5.95. The summed E-state index contributed by atoms with van der Waals surface area (Å²) < 4.78 is 0. The molecule has 5 aliphatic carbocycles. The predicted molar refractivity (Wildman–Crippen MR) is 133 cm³/mol. The van der Waals surface area contributed by atoms with Crippen LogP contribution in [-0.2, 0) is 14.4 Å². The Morgan fingerprint density at radius 1 is 0.971 bits per heavy atom. The molecule has 0 aromatic rings. The normalized spacial score (nSPS) is 53.0. The van der Waals surface area contributed by atoms with Gasteiger partial charge in [0.25, 0.3) is 0 Å². The third-order valence-electron chi connectivity index (χ3n) is 12.9. The van der Waals surface area contributed by atoms with E-state index in [1.165, 1.54) is 0 Å². The Hall–Kier alpha value is -1.49. The summed E-state index contributed by atoms with van der Waals surface area (Å²) >= 11 is 0. The van der Waals surface area contributed by atoms with Crippen LogP contribution in [0.15, 0.2) is 11.6 Å². The smallest absolute Gasteiger partial charge is 0.310 e. The van der Waals surface area contributed by atoms with Crippen molar-refractivity contribution in [3.8, 4) is 0 Å². The number of carbonyl (C=O) groups is 3. The van der Waals surface area contributed by atoms with Gasteiger partial charge in [0.2, 0.25) is 0 Å². The van der Waals surface area contributed by atoms with Crippen molar-refractivity contribution in [1.29, 1.82) is 0 Å². The summed E-state index contributed by atoms with van der Waals surface area (Å²) in [5.74, 6) is -0.859. The van der Waals surface area contributed by atoms with Gasteiger partial charge in [-0.15, -0.1) is 0 Å². The van der Waals surface area contributed by atoms with E-state index in [1.807, 2.05) is 27.7 Å². The summed E-state index contributed by atoms with van der Waals surface area (Å²) in [6.07, 6.45) is 7.29. The first-order chi connectivity index (χ1) is 16.0. The van der Waals surface area contributed by atoms with E-state index in [1.54, 1.807) is 0 Å². The Balaban J connectivity index is 1.68. The number of hydrogen-bond donors (Lipinski definition) is 2. The van der Waals surface area contributed by atoms with Gasteiger partial charge in [0, 0.05) is 30.1 Å². The number of carbonyl (C=O) groups excluding carboxylic acids is 2. The number of ketones is 2. The molecule has 0 aromatic carbocycles. The molecule has 5 rings (SSSR count). The number of hydrogen-bond acceptors (Lipinski definition) is 4. The number of aliphatic carboxylic acids is 1. The van der Waals surface area contributed by atoms with Crippen molar-refractivity contribution in [2.45, 2.75) is 105 Å². The third kappa shape index (κ3) is 2.77. The van der Waals surface area contributed by atoms with Crippen LogP contribution >= 0.6 is 0 Å². The van der Waals surface area contributed by atoms with Crippen molar-refractivity contribution < 1.29 is 24.6 Å². The summed E-state index contributed by atoms with van der Waals surface area (Å²) in [5.41, 5.74) is -2.60. The molecule has 2 N–H and O–H groups in total. The number of Topliss-reactive ketones (excluding diaryl/α,β-unsaturated/α-hetero) is 2. The highest BCUT2D eigenvalue weighted by Crippen LogP contribution is 2.75. The fourth-order valence-corrected chi connectivity index (χ4v) is 10.5. The first kappa shape index (κ1) is 25.2. The molecule has 0 radical (unpaired) electrons. The SMILES string of the molecule is CC1CCC2(C(=O)O)CCC3(C)C(=CCC4C5(C)CCC(=O)C(C)(C)C5C(=O)CC43C)C2C1(C)O. The molecule has 5 nitrogen and oxygen atoms in total. The number of fused-ring (bicyclic) bond motifs is 7. The molecule has 194 valence electrons. The van der Waals surface area contributed by atoms with Gasteiger partial charge >= 0.3 is 5.97 Å². The van der Waals surface area contributed by atoms with E-state index >= 15 is 0 Å². The van der Waals surface area contributed by atoms with E-state index in [0.29, 0.717) is 32.1 Å². The molecule has 0 saturated heterocycles. The molecule has 5 aliphatic rings. The molecule has 4 fully saturated rings. The van der Waals surface area contributed by atoms with E-state index in [4.69, 9.17) is 0 Å². The number of carboxylic acid groups (broad SMARTS) is 1. The molecule has 0 amide bonds. The summed E-state index contributed by atoms with van der Waals surface area (Å²) in [7, 11) is 0. The van der Waals surface area contributed by atoms with Crippen LogP contribution in [0.4, 0.5) is 0 Å². The maximum Gasteiger partial charge on any atom is 0.310 e. The maximum absolute atomic E-state index is 14.0. The van der Waals surface area contributed by atoms with Crippen LogP contribution in [-0.4, -0.2) is 33.3 Å². The second kappa shape index (κ2) is 7.08. The van der Waals surface area contributed by atoms with Gasteiger partial charge < -0.3 is 10.2 Å². The highest BCUT2D eigenvalue weighted by atomic mass is 16.4. The topological polar surface area (TPSA) is 91.7 Å². The van der Waals surface area contributed by atoms with Crippen LogP contribution in [0, 0.1) is 50.7 Å². The predicted octanol–water partition coefficient (Wildman–Crippen LogP) is 5.59. The van der Waals surface area contributed by atoms with E-state index in [2.05, 4.69) is 26.8 Å². The quantitative estimate of drug-likeness (QED) is 0.473. The number of carboxylic acids is 1. The number of allylic oxidation sites excluding steroid dienone is 1. The molecule has 0 bridgehead atoms. The minimum Gasteiger partial charge on any atom is -0.481 e. The zero-order chi connectivity index (χ0) is 26.0. The van der Waals surface area contributed by atoms with Crippen LogP contribution in [0.1, 0.15) is 99.8 Å². The molecule has 9 atom stereocenters. The van der Waals surface area contributed by atoms with Gasteiger partial charge in [0.15, 0.2) is 0 Å². The van der Waals surface area contributed by atoms with Crippen molar-refractivity contribution in [1.82, 2.24) is 0 Å². The van der Waals surface area contributed by atoms with Gasteiger partial charge in [0.05, 0.1) is 11.0 Å². The van der Waals surface area contributed by atoms with Gasteiger partial charge in [-0.2, -0.15) is 0 Å². The minimum atomic E-state index is -1.11. The Kier molecular flexibility index (Phi) is 5.09. The van der Waals surface area contributed by atoms with Gasteiger partial charge in [-0.05, 0) is 73.5 Å². The van der Waals surface area contributed by atoms with Crippen molar-refractivity contribution >= 4 is 17.5 Å². The van der Waals surface area contributed by atoms with E-state index in [0.717, 1.165) is 24.8 Å². The second-order valence-electron chi connectivity index (χ2n) is 14.5. The summed E-state index contributed by atoms with van der Waals surface area (Å²) in [5, 5.41) is 22.4. The van der Waals surface area contributed by atoms with Crippen molar-refractivity contribution in [3.63, 3.8) is 0 Å². The van der Waals surface area contributed by atoms with Crippen molar-refractivity contribution in [2.75, 3.05) is 0 Å². The van der Waals surface area contributed by atoms with Crippen LogP contribution in [0.2, 0.25) is 0 Å². The van der Waals surface area contributed by atoms with Crippen LogP contribution in [0.5, 0.6) is 0 Å². The molecule has 0 spiro atoms. The van der Waals surface area contributed by atoms with Crippen LogP contribution in [0.25, 0.3) is 0 Å². The molecule has 35 heavy (non-hydrogen) atoms. The molecule has 0 aromatic heterocycles. The maximum atomic E-state index is 14.0. The minimum absolute atomic E-state index is 0.00814. The lowest BCUT2D eigenvalue weighted by Gasteiger charge is -2.70. The summed E-state index contributed by atoms with van der Waals surface area (Å²) in [6, 6.07) is 0. The number of aliphatic hydroxyl groups is 1. The fourth-order valence-electron chi connectivity index (χ4n) is 10.5. The molecule has 0 heterocycles. The van der Waals surface area contributed by atoms with E-state index < -0.39 is 28.3 Å². The second-order valence-corrected chi connectivity index (χ2v) is 14.5. The molecule has 5 heteroatoms. The van der Waals surface area contributed by atoms with E-state index in [-0.39, 0.29) is 45.6 Å². The van der Waals surface area contributed by atoms with Gasteiger partial charge in [-0.1, -0.05) is 53.2 Å². The molecular weight excluding hydrogens is 440 g/mol. The largest absolute Gasteiger partial charge is 0.481 e. The Labute approximate surface area is 210 Å². The van der Waals surface area contributed by atoms with Gasteiger partial charge in [-0.3, -0.25) is 14.4 Å². The Bertz CT molecular complexity index is 1040. The molecule has 4 saturated carbocycles. The van der Waals surface area contributed by atoms with Crippen molar-refractivity contribution in [2.24, 2.45) is 50.7 Å². The van der Waals surface area contributed by atoms with Gasteiger partial charge in [-0.25, -0.2) is 0 Å². The van der Waals surface area contributed by atoms with Crippen LogP contribution < -0.4 is 0 Å². The summed E-state index contributed by atoms with van der Waals surface area (Å²) in [4.78, 5) is 39.7. The highest BCUT2D eigenvalue weighted by Gasteiger charge is 2.72. The van der Waals surface area contributed by atoms with Crippen LogP contribution in [0.3, 0.4) is 0 Å². The lowest BCUT2D eigenvalue weighted by atomic mass is 9.33. The molecule has 0 aliphatic heterocycles. The zero-order valence-electron chi connectivity index (χ0n) is 22.7. The van der Waals surface area contributed by atoms with E-state index in [9.17, 15) is 24.6 Å². The lowest BCUT2D eigenvalue weighted by molar-refractivity contribution is -0.206. The zero-order valence-corrected chi connectivity index (χ0v) is 22.7. The average molecular weight is 485 g/mol. The third-order valence-corrected chi connectivity index (χ3v) is 12.9. The van der Waals surface area contributed by atoms with Gasteiger partial charge in [0.1, 0.15) is 11.6 Å². The molecule has 9 unspecified atom stereocenters. The lowest BCUT2D eigenvalue weighted by Crippen LogP contribution is -2.69.